The number of rotatable bonds is 4. The normalized spacial score (nSPS) is 40.5. The van der Waals surface area contributed by atoms with Crippen LogP contribution in [0.3, 0.4) is 0 Å². The molecule has 0 aromatic heterocycles. The number of aliphatic hydroxyl groups is 1. The van der Waals surface area contributed by atoms with E-state index in [-0.39, 0.29) is 17.9 Å². The number of hydrogen-bond donors (Lipinski definition) is 2. The van der Waals surface area contributed by atoms with E-state index in [4.69, 9.17) is 11.6 Å². The Morgan fingerprint density at radius 3 is 2.54 bits per heavy atom. The lowest BCUT2D eigenvalue weighted by Gasteiger charge is -2.40. The monoisotopic (exact) mass is 348 g/mol. The van der Waals surface area contributed by atoms with Gasteiger partial charge < -0.3 is 10.2 Å². The number of aliphatic hydroxyl groups excluding tert-OH is 1. The van der Waals surface area contributed by atoms with Crippen LogP contribution in [0.1, 0.15) is 44.1 Å². The van der Waals surface area contributed by atoms with E-state index in [9.17, 15) is 15.0 Å². The minimum absolute atomic E-state index is 0.162. The number of hydrogen-bond acceptors (Lipinski definition) is 2. The van der Waals surface area contributed by atoms with Gasteiger partial charge in [0, 0.05) is 5.02 Å². The number of carbonyl (C=O) groups is 1. The zero-order valence-electron chi connectivity index (χ0n) is 13.8. The summed E-state index contributed by atoms with van der Waals surface area (Å²) in [7, 11) is 0. The van der Waals surface area contributed by atoms with Crippen molar-refractivity contribution in [2.75, 3.05) is 0 Å². The molecule has 3 nitrogen and oxygen atoms in total. The Bertz CT molecular complexity index is 628. The van der Waals surface area contributed by atoms with Crippen LogP contribution in [0.25, 0.3) is 0 Å². The molecule has 1 aromatic rings. The van der Waals surface area contributed by atoms with Crippen molar-refractivity contribution in [1.29, 1.82) is 0 Å². The van der Waals surface area contributed by atoms with Crippen molar-refractivity contribution in [2.24, 2.45) is 29.1 Å². The number of benzene rings is 1. The van der Waals surface area contributed by atoms with Crippen molar-refractivity contribution in [3.05, 3.63) is 34.9 Å². The molecule has 3 fully saturated rings. The standard InChI is InChI=1S/C20H25ClO3/c21-16-3-1-12(2-4-16)10-20(11-18(22)23)6-5-13-7-14-8-15(19(13)24)9-17(14)20/h1-4,13-15,17,19,24H,5-11H2,(H,22,23). The summed E-state index contributed by atoms with van der Waals surface area (Å²) in [5.41, 5.74) is 1.01. The summed E-state index contributed by atoms with van der Waals surface area (Å²) in [6, 6.07) is 7.87. The van der Waals surface area contributed by atoms with Crippen molar-refractivity contribution < 1.29 is 15.0 Å². The molecular formula is C20H25ClO3. The lowest BCUT2D eigenvalue weighted by molar-refractivity contribution is -0.141. The fourth-order valence-electron chi connectivity index (χ4n) is 6.13. The SMILES string of the molecule is O=C(O)CC1(Cc2ccc(Cl)cc2)CCC2CC3CC(CC31)C2O. The van der Waals surface area contributed by atoms with E-state index in [0.717, 1.165) is 43.5 Å². The molecule has 3 aliphatic carbocycles. The molecule has 0 saturated heterocycles. The quantitative estimate of drug-likeness (QED) is 0.858. The molecule has 3 bridgehead atoms. The van der Waals surface area contributed by atoms with E-state index in [1.807, 2.05) is 24.3 Å². The van der Waals surface area contributed by atoms with Crippen LogP contribution in [0.4, 0.5) is 0 Å². The van der Waals surface area contributed by atoms with Crippen LogP contribution in [0.15, 0.2) is 24.3 Å². The molecule has 0 heterocycles. The number of carboxylic acid groups (broad SMARTS) is 1. The van der Waals surface area contributed by atoms with Gasteiger partial charge in [-0.1, -0.05) is 23.7 Å². The van der Waals surface area contributed by atoms with Gasteiger partial charge in [0.1, 0.15) is 0 Å². The van der Waals surface area contributed by atoms with Crippen LogP contribution < -0.4 is 0 Å². The number of halogens is 1. The van der Waals surface area contributed by atoms with Crippen LogP contribution >= 0.6 is 11.6 Å². The minimum atomic E-state index is -0.689. The topological polar surface area (TPSA) is 57.5 Å². The Morgan fingerprint density at radius 2 is 1.83 bits per heavy atom. The predicted molar refractivity (Wildman–Crippen MR) is 92.9 cm³/mol. The summed E-state index contributed by atoms with van der Waals surface area (Å²) in [4.78, 5) is 11.7. The highest BCUT2D eigenvalue weighted by Gasteiger charge is 2.56. The van der Waals surface area contributed by atoms with Gasteiger partial charge >= 0.3 is 5.97 Å². The maximum absolute atomic E-state index is 11.7. The maximum atomic E-state index is 11.7. The third kappa shape index (κ3) is 2.76. The second-order valence-electron chi connectivity index (χ2n) is 8.36. The molecule has 0 aliphatic heterocycles. The third-order valence-corrected chi connectivity index (χ3v) is 7.33. The van der Waals surface area contributed by atoms with E-state index >= 15 is 0 Å². The van der Waals surface area contributed by atoms with E-state index in [0.29, 0.717) is 23.7 Å². The molecule has 130 valence electrons. The molecule has 4 heteroatoms. The van der Waals surface area contributed by atoms with Crippen molar-refractivity contribution in [1.82, 2.24) is 0 Å². The Labute approximate surface area is 148 Å². The molecule has 1 aromatic carbocycles. The lowest BCUT2D eigenvalue weighted by Crippen LogP contribution is -2.37. The van der Waals surface area contributed by atoms with Gasteiger partial charge in [0.15, 0.2) is 0 Å². The minimum Gasteiger partial charge on any atom is -0.481 e. The Morgan fingerprint density at radius 1 is 1.12 bits per heavy atom. The summed E-state index contributed by atoms with van der Waals surface area (Å²) >= 11 is 6.01. The summed E-state index contributed by atoms with van der Waals surface area (Å²) in [5.74, 6) is 1.09. The van der Waals surface area contributed by atoms with Gasteiger partial charge in [-0.05, 0) is 85.3 Å². The van der Waals surface area contributed by atoms with Gasteiger partial charge in [-0.25, -0.2) is 0 Å². The molecule has 6 atom stereocenters. The molecule has 3 saturated carbocycles. The molecule has 0 radical (unpaired) electrons. The highest BCUT2D eigenvalue weighted by molar-refractivity contribution is 6.30. The van der Waals surface area contributed by atoms with Gasteiger partial charge in [-0.15, -0.1) is 0 Å². The second-order valence-corrected chi connectivity index (χ2v) is 8.80. The van der Waals surface area contributed by atoms with Crippen LogP contribution in [0, 0.1) is 29.1 Å². The number of aliphatic carboxylic acids is 1. The largest absolute Gasteiger partial charge is 0.481 e. The Balaban J connectivity index is 1.68. The summed E-state index contributed by atoms with van der Waals surface area (Å²) in [5, 5.41) is 20.9. The molecule has 0 amide bonds. The first kappa shape index (κ1) is 16.4. The zero-order valence-corrected chi connectivity index (χ0v) is 14.6. The molecular weight excluding hydrogens is 324 g/mol. The Kier molecular flexibility index (Phi) is 4.12. The molecule has 3 aliphatic rings. The number of fused-ring (bicyclic) bond motifs is 2. The predicted octanol–water partition coefficient (Wildman–Crippen LogP) is 4.16. The number of carboxylic acids is 1. The molecule has 2 N–H and O–H groups in total. The molecule has 4 rings (SSSR count). The van der Waals surface area contributed by atoms with E-state index < -0.39 is 5.97 Å². The average Bonchev–Trinajstić information content (AvgIpc) is 2.86. The fourth-order valence-corrected chi connectivity index (χ4v) is 6.25. The average molecular weight is 349 g/mol. The van der Waals surface area contributed by atoms with Gasteiger partial charge in [0.2, 0.25) is 0 Å². The zero-order chi connectivity index (χ0) is 16.9. The van der Waals surface area contributed by atoms with Gasteiger partial charge in [0.05, 0.1) is 12.5 Å². The smallest absolute Gasteiger partial charge is 0.303 e. The van der Waals surface area contributed by atoms with Crippen LogP contribution in [0.5, 0.6) is 0 Å². The fraction of sp³-hybridized carbons (Fsp3) is 0.650. The molecule has 24 heavy (non-hydrogen) atoms. The maximum Gasteiger partial charge on any atom is 0.303 e. The van der Waals surface area contributed by atoms with Crippen molar-refractivity contribution in [2.45, 2.75) is 51.0 Å². The van der Waals surface area contributed by atoms with Gasteiger partial charge in [0.25, 0.3) is 0 Å². The summed E-state index contributed by atoms with van der Waals surface area (Å²) in [6.07, 6.45) is 5.95. The van der Waals surface area contributed by atoms with Gasteiger partial charge in [-0.2, -0.15) is 0 Å². The van der Waals surface area contributed by atoms with Crippen LogP contribution in [-0.4, -0.2) is 22.3 Å². The summed E-state index contributed by atoms with van der Waals surface area (Å²) in [6.45, 7) is 0. The highest BCUT2D eigenvalue weighted by Crippen LogP contribution is 2.61. The van der Waals surface area contributed by atoms with Crippen molar-refractivity contribution >= 4 is 17.6 Å². The second kappa shape index (κ2) is 6.03. The summed E-state index contributed by atoms with van der Waals surface area (Å²) < 4.78 is 0. The highest BCUT2D eigenvalue weighted by atomic mass is 35.5. The Hall–Kier alpha value is -1.06. The lowest BCUT2D eigenvalue weighted by atomic mass is 9.63. The molecule has 6 unspecified atom stereocenters. The first-order chi connectivity index (χ1) is 11.5. The van der Waals surface area contributed by atoms with Crippen molar-refractivity contribution in [3.63, 3.8) is 0 Å². The van der Waals surface area contributed by atoms with Crippen molar-refractivity contribution in [3.8, 4) is 0 Å². The van der Waals surface area contributed by atoms with E-state index in [2.05, 4.69) is 0 Å². The van der Waals surface area contributed by atoms with E-state index in [1.54, 1.807) is 0 Å². The third-order valence-electron chi connectivity index (χ3n) is 7.08. The first-order valence-corrected chi connectivity index (χ1v) is 9.49. The first-order valence-electron chi connectivity index (χ1n) is 9.11. The van der Waals surface area contributed by atoms with Crippen LogP contribution in [-0.2, 0) is 11.2 Å². The van der Waals surface area contributed by atoms with Crippen LogP contribution in [0.2, 0.25) is 5.02 Å². The van der Waals surface area contributed by atoms with E-state index in [1.165, 1.54) is 5.56 Å². The molecule has 0 spiro atoms. The van der Waals surface area contributed by atoms with Gasteiger partial charge in [-0.3, -0.25) is 4.79 Å².